The van der Waals surface area contributed by atoms with E-state index in [1.165, 1.54) is 103 Å². The molecule has 0 saturated heterocycles. The Balaban J connectivity index is 2.14. The Morgan fingerprint density at radius 1 is 0.353 bits per heavy atom. The summed E-state index contributed by atoms with van der Waals surface area (Å²) in [6.07, 6.45) is 20.6. The lowest BCUT2D eigenvalue weighted by molar-refractivity contribution is 0.715. The predicted molar refractivity (Wildman–Crippen MR) is 154 cm³/mol. The summed E-state index contributed by atoms with van der Waals surface area (Å²) in [6.45, 7) is 9.24. The van der Waals surface area contributed by atoms with Crippen LogP contribution in [-0.2, 0) is 25.7 Å². The molecule has 0 saturated carbocycles. The lowest BCUT2D eigenvalue weighted by Crippen LogP contribution is -1.98. The first kappa shape index (κ1) is 26.8. The van der Waals surface area contributed by atoms with Crippen LogP contribution < -0.4 is 0 Å². The van der Waals surface area contributed by atoms with Crippen molar-refractivity contribution in [3.63, 3.8) is 0 Å². The van der Waals surface area contributed by atoms with Crippen LogP contribution in [0.4, 0.5) is 0 Å². The van der Waals surface area contributed by atoms with E-state index in [9.17, 15) is 0 Å². The second-order valence-corrected chi connectivity index (χ2v) is 10.5. The van der Waals surface area contributed by atoms with E-state index in [2.05, 4.69) is 64.1 Å². The third-order valence-corrected chi connectivity index (χ3v) is 7.71. The zero-order valence-corrected chi connectivity index (χ0v) is 22.8. The second-order valence-electron chi connectivity index (χ2n) is 10.5. The average Bonchev–Trinajstić information content (AvgIpc) is 2.85. The molecule has 3 rings (SSSR count). The van der Waals surface area contributed by atoms with Crippen molar-refractivity contribution in [2.24, 2.45) is 0 Å². The highest BCUT2D eigenvalue weighted by molar-refractivity contribution is 6.03. The van der Waals surface area contributed by atoms with Crippen LogP contribution in [0.5, 0.6) is 0 Å². The Hall–Kier alpha value is -1.82. The minimum absolute atomic E-state index is 1.21. The molecule has 0 unspecified atom stereocenters. The molecule has 0 bridgehead atoms. The monoisotopic (exact) mass is 458 g/mol. The highest BCUT2D eigenvalue weighted by atomic mass is 14.2. The van der Waals surface area contributed by atoms with Crippen molar-refractivity contribution in [1.82, 2.24) is 0 Å². The van der Waals surface area contributed by atoms with Crippen LogP contribution in [0.2, 0.25) is 0 Å². The van der Waals surface area contributed by atoms with E-state index in [1.807, 2.05) is 0 Å². The molecule has 0 amide bonds. The van der Waals surface area contributed by atoms with E-state index in [1.54, 1.807) is 43.8 Å². The van der Waals surface area contributed by atoms with Crippen molar-refractivity contribution < 1.29 is 0 Å². The van der Waals surface area contributed by atoms with Crippen LogP contribution >= 0.6 is 0 Å². The van der Waals surface area contributed by atoms with Crippen molar-refractivity contribution in [3.8, 4) is 0 Å². The number of rotatable bonds is 16. The molecule has 0 heteroatoms. The van der Waals surface area contributed by atoms with Crippen LogP contribution in [-0.4, -0.2) is 0 Å². The molecule has 0 heterocycles. The van der Waals surface area contributed by atoms with Crippen molar-refractivity contribution >= 4 is 21.5 Å². The van der Waals surface area contributed by atoms with Gasteiger partial charge in [0.05, 0.1) is 0 Å². The highest BCUT2D eigenvalue weighted by Crippen LogP contribution is 2.34. The van der Waals surface area contributed by atoms with Gasteiger partial charge in [0.1, 0.15) is 0 Å². The van der Waals surface area contributed by atoms with Crippen LogP contribution in [0.1, 0.15) is 127 Å². The van der Waals surface area contributed by atoms with Gasteiger partial charge in [0.25, 0.3) is 0 Å². The smallest absolute Gasteiger partial charge is 0.0143 e. The van der Waals surface area contributed by atoms with Gasteiger partial charge in [-0.1, -0.05) is 103 Å². The molecule has 0 aromatic heterocycles. The van der Waals surface area contributed by atoms with Crippen LogP contribution in [0.25, 0.3) is 21.5 Å². The first-order chi connectivity index (χ1) is 16.7. The summed E-state index contributed by atoms with van der Waals surface area (Å²) in [5.74, 6) is 0. The van der Waals surface area contributed by atoms with Crippen molar-refractivity contribution in [2.75, 3.05) is 0 Å². The van der Waals surface area contributed by atoms with E-state index in [0.29, 0.717) is 0 Å². The molecular weight excluding hydrogens is 408 g/mol. The number of hydrogen-bond acceptors (Lipinski definition) is 0. The highest BCUT2D eigenvalue weighted by Gasteiger charge is 2.13. The first-order valence-electron chi connectivity index (χ1n) is 14.7. The summed E-state index contributed by atoms with van der Waals surface area (Å²) in [5, 5.41) is 6.17. The lowest BCUT2D eigenvalue weighted by atomic mass is 9.87. The Morgan fingerprint density at radius 3 is 0.794 bits per heavy atom. The van der Waals surface area contributed by atoms with Gasteiger partial charge >= 0.3 is 0 Å². The zero-order chi connectivity index (χ0) is 24.2. The average molecular weight is 459 g/mol. The number of unbranched alkanes of at least 4 members (excludes halogenated alkanes) is 8. The number of benzene rings is 3. The first-order valence-corrected chi connectivity index (χ1v) is 14.7. The largest absolute Gasteiger partial charge is 0.0654 e. The molecule has 3 aromatic carbocycles. The fraction of sp³-hybridized carbons (Fsp3) is 0.588. The molecule has 34 heavy (non-hydrogen) atoms. The topological polar surface area (TPSA) is 0 Å². The second kappa shape index (κ2) is 14.6. The standard InChI is InChI=1S/C34H50/c1-5-9-13-17-27-21-22-28(18-14-10-6-2)32-26-34-30(20-16-12-8-4)24-23-29(19-15-11-7-3)33(34)25-31(27)32/h21-26H,5-20H2,1-4H3. The van der Waals surface area contributed by atoms with E-state index in [-0.39, 0.29) is 0 Å². The Labute approximate surface area is 210 Å². The fourth-order valence-corrected chi connectivity index (χ4v) is 5.56. The molecule has 0 aliphatic carbocycles. The zero-order valence-electron chi connectivity index (χ0n) is 22.8. The third kappa shape index (κ3) is 7.10. The molecule has 0 spiro atoms. The summed E-state index contributed by atoms with van der Waals surface area (Å²) in [4.78, 5) is 0. The minimum atomic E-state index is 1.21. The van der Waals surface area contributed by atoms with Gasteiger partial charge in [0, 0.05) is 0 Å². The number of fused-ring (bicyclic) bond motifs is 2. The molecule has 3 aromatic rings. The van der Waals surface area contributed by atoms with Crippen molar-refractivity contribution in [3.05, 3.63) is 58.7 Å². The molecule has 0 radical (unpaired) electrons. The van der Waals surface area contributed by atoms with Gasteiger partial charge in [-0.3, -0.25) is 0 Å². The molecule has 0 N–H and O–H groups in total. The summed E-state index contributed by atoms with van der Waals surface area (Å²) >= 11 is 0. The normalized spacial score (nSPS) is 11.6. The maximum absolute atomic E-state index is 2.61. The van der Waals surface area contributed by atoms with Crippen LogP contribution in [0.3, 0.4) is 0 Å². The van der Waals surface area contributed by atoms with Crippen molar-refractivity contribution in [1.29, 1.82) is 0 Å². The van der Waals surface area contributed by atoms with Gasteiger partial charge in [-0.2, -0.15) is 0 Å². The van der Waals surface area contributed by atoms with Gasteiger partial charge in [0.2, 0.25) is 0 Å². The number of aryl methyl sites for hydroxylation is 4. The summed E-state index contributed by atoms with van der Waals surface area (Å²) in [7, 11) is 0. The molecule has 0 atom stereocenters. The lowest BCUT2D eigenvalue weighted by Gasteiger charge is -2.17. The summed E-state index contributed by atoms with van der Waals surface area (Å²) < 4.78 is 0. The number of hydrogen-bond donors (Lipinski definition) is 0. The molecule has 0 nitrogen and oxygen atoms in total. The molecule has 0 fully saturated rings. The quantitative estimate of drug-likeness (QED) is 0.148. The van der Waals surface area contributed by atoms with Gasteiger partial charge in [0.15, 0.2) is 0 Å². The van der Waals surface area contributed by atoms with E-state index in [0.717, 1.165) is 0 Å². The van der Waals surface area contributed by atoms with Gasteiger partial charge in [-0.25, -0.2) is 0 Å². The van der Waals surface area contributed by atoms with E-state index >= 15 is 0 Å². The molecule has 0 aliphatic rings. The third-order valence-electron chi connectivity index (χ3n) is 7.71. The van der Waals surface area contributed by atoms with Gasteiger partial charge < -0.3 is 0 Å². The summed E-state index contributed by atoms with van der Waals surface area (Å²) in [5.41, 5.74) is 6.28. The van der Waals surface area contributed by atoms with Crippen LogP contribution in [0, 0.1) is 0 Å². The van der Waals surface area contributed by atoms with E-state index < -0.39 is 0 Å². The minimum Gasteiger partial charge on any atom is -0.0654 e. The molecular formula is C34H50. The van der Waals surface area contributed by atoms with E-state index in [4.69, 9.17) is 0 Å². The summed E-state index contributed by atoms with van der Waals surface area (Å²) in [6, 6.07) is 15.1. The fourth-order valence-electron chi connectivity index (χ4n) is 5.56. The Morgan fingerprint density at radius 2 is 0.588 bits per heavy atom. The molecule has 186 valence electrons. The SMILES string of the molecule is CCCCCc1ccc(CCCCC)c2cc3c(CCCCC)ccc(CCCCC)c3cc12. The van der Waals surface area contributed by atoms with Crippen LogP contribution in [0.15, 0.2) is 36.4 Å². The van der Waals surface area contributed by atoms with Crippen molar-refractivity contribution in [2.45, 2.75) is 130 Å². The van der Waals surface area contributed by atoms with Gasteiger partial charge in [-0.15, -0.1) is 0 Å². The predicted octanol–water partition coefficient (Wildman–Crippen LogP) is 10.9. The Kier molecular flexibility index (Phi) is 11.5. The maximum atomic E-state index is 2.61. The Bertz CT molecular complexity index is 849. The molecule has 0 aliphatic heterocycles. The maximum Gasteiger partial charge on any atom is -0.0143 e. The van der Waals surface area contributed by atoms with Gasteiger partial charge in [-0.05, 0) is 107 Å².